The molecule has 1 aromatic heterocycles. The molecule has 1 aliphatic rings. The summed E-state index contributed by atoms with van der Waals surface area (Å²) in [6.07, 6.45) is 5.52. The van der Waals surface area contributed by atoms with Gasteiger partial charge in [-0.2, -0.15) is 5.10 Å². The average Bonchev–Trinajstić information content (AvgIpc) is 3.08. The van der Waals surface area contributed by atoms with Crippen LogP contribution in [0, 0.1) is 0 Å². The van der Waals surface area contributed by atoms with Crippen LogP contribution in [0.1, 0.15) is 17.5 Å². The Balaban J connectivity index is 1.53. The Morgan fingerprint density at radius 3 is 3.09 bits per heavy atom. The number of aromatic amines is 1. The molecule has 1 aliphatic heterocycles. The van der Waals surface area contributed by atoms with E-state index < -0.39 is 0 Å². The van der Waals surface area contributed by atoms with Crippen molar-refractivity contribution < 1.29 is 9.53 Å². The molecule has 2 aromatic rings. The molecule has 1 N–H and O–H groups in total. The number of ether oxygens (including phenoxy) is 1. The van der Waals surface area contributed by atoms with Crippen LogP contribution in [0.3, 0.4) is 0 Å². The van der Waals surface area contributed by atoms with Gasteiger partial charge in [-0.15, -0.1) is 0 Å². The lowest BCUT2D eigenvalue weighted by Gasteiger charge is -2.33. The zero-order valence-corrected chi connectivity index (χ0v) is 13.6. The summed E-state index contributed by atoms with van der Waals surface area (Å²) in [5, 5.41) is 7.41. The van der Waals surface area contributed by atoms with Gasteiger partial charge in [-0.25, -0.2) is 0 Å². The van der Waals surface area contributed by atoms with Gasteiger partial charge in [-0.3, -0.25) is 9.89 Å². The van der Waals surface area contributed by atoms with Crippen molar-refractivity contribution >= 4 is 17.5 Å². The molecule has 1 fully saturated rings. The standard InChI is InChI=1S/C17H20ClN3O2/c18-16-4-2-1-3-14(16)9-15-12-21(7-8-23-15)17(22)6-5-13-10-19-20-11-13/h1-4,10-11,15H,5-9,12H2,(H,19,20). The van der Waals surface area contributed by atoms with Gasteiger partial charge in [0.25, 0.3) is 0 Å². The summed E-state index contributed by atoms with van der Waals surface area (Å²) >= 11 is 6.20. The van der Waals surface area contributed by atoms with Gasteiger partial charge < -0.3 is 9.64 Å². The van der Waals surface area contributed by atoms with Crippen LogP contribution in [-0.2, 0) is 22.4 Å². The molecule has 23 heavy (non-hydrogen) atoms. The van der Waals surface area contributed by atoms with Crippen molar-refractivity contribution in [3.05, 3.63) is 52.8 Å². The van der Waals surface area contributed by atoms with Gasteiger partial charge in [0.1, 0.15) is 0 Å². The Labute approximate surface area is 140 Å². The zero-order chi connectivity index (χ0) is 16.1. The maximum absolute atomic E-state index is 12.4. The fraction of sp³-hybridized carbons (Fsp3) is 0.412. The number of benzene rings is 1. The Morgan fingerprint density at radius 2 is 2.30 bits per heavy atom. The number of rotatable bonds is 5. The fourth-order valence-electron chi connectivity index (χ4n) is 2.80. The Kier molecular flexibility index (Phi) is 5.31. The van der Waals surface area contributed by atoms with E-state index in [4.69, 9.17) is 16.3 Å². The van der Waals surface area contributed by atoms with E-state index in [9.17, 15) is 4.79 Å². The largest absolute Gasteiger partial charge is 0.374 e. The quantitative estimate of drug-likeness (QED) is 0.914. The summed E-state index contributed by atoms with van der Waals surface area (Å²) in [7, 11) is 0. The SMILES string of the molecule is O=C(CCc1cn[nH]c1)N1CCOC(Cc2ccccc2Cl)C1. The fourth-order valence-corrected chi connectivity index (χ4v) is 3.02. The summed E-state index contributed by atoms with van der Waals surface area (Å²) in [6.45, 7) is 1.85. The van der Waals surface area contributed by atoms with Crippen molar-refractivity contribution in [3.63, 3.8) is 0 Å². The number of aryl methyl sites for hydroxylation is 1. The predicted molar refractivity (Wildman–Crippen MR) is 88.4 cm³/mol. The van der Waals surface area contributed by atoms with Crippen molar-refractivity contribution in [3.8, 4) is 0 Å². The molecule has 6 heteroatoms. The Hall–Kier alpha value is -1.85. The monoisotopic (exact) mass is 333 g/mol. The topological polar surface area (TPSA) is 58.2 Å². The van der Waals surface area contributed by atoms with Gasteiger partial charge in [-0.05, 0) is 23.6 Å². The van der Waals surface area contributed by atoms with Crippen molar-refractivity contribution in [1.82, 2.24) is 15.1 Å². The second-order valence-corrected chi connectivity index (χ2v) is 6.14. The second-order valence-electron chi connectivity index (χ2n) is 5.73. The van der Waals surface area contributed by atoms with E-state index in [0.29, 0.717) is 32.5 Å². The summed E-state index contributed by atoms with van der Waals surface area (Å²) in [5.41, 5.74) is 2.12. The summed E-state index contributed by atoms with van der Waals surface area (Å²) < 4.78 is 5.80. The third kappa shape index (κ3) is 4.33. The van der Waals surface area contributed by atoms with E-state index in [2.05, 4.69) is 10.2 Å². The van der Waals surface area contributed by atoms with E-state index >= 15 is 0 Å². The number of amides is 1. The molecule has 1 atom stereocenters. The normalized spacial score (nSPS) is 18.1. The van der Waals surface area contributed by atoms with Crippen molar-refractivity contribution in [1.29, 1.82) is 0 Å². The molecule has 0 bridgehead atoms. The van der Waals surface area contributed by atoms with Gasteiger partial charge in [0.05, 0.1) is 18.9 Å². The molecule has 1 unspecified atom stereocenters. The average molecular weight is 334 g/mol. The van der Waals surface area contributed by atoms with Crippen LogP contribution in [0.5, 0.6) is 0 Å². The highest BCUT2D eigenvalue weighted by molar-refractivity contribution is 6.31. The van der Waals surface area contributed by atoms with Crippen molar-refractivity contribution in [2.24, 2.45) is 0 Å². The van der Waals surface area contributed by atoms with Crippen LogP contribution in [0.25, 0.3) is 0 Å². The molecule has 1 saturated heterocycles. The highest BCUT2D eigenvalue weighted by Gasteiger charge is 2.24. The van der Waals surface area contributed by atoms with E-state index in [1.54, 1.807) is 6.20 Å². The zero-order valence-electron chi connectivity index (χ0n) is 12.9. The molecule has 2 heterocycles. The molecule has 122 valence electrons. The van der Waals surface area contributed by atoms with Crippen LogP contribution < -0.4 is 0 Å². The number of nitrogens with zero attached hydrogens (tertiary/aromatic N) is 2. The third-order valence-corrected chi connectivity index (χ3v) is 4.45. The number of morpholine rings is 1. The first-order chi connectivity index (χ1) is 11.2. The first kappa shape index (κ1) is 16.0. The Morgan fingerprint density at radius 1 is 1.43 bits per heavy atom. The number of nitrogens with one attached hydrogen (secondary N) is 1. The highest BCUT2D eigenvalue weighted by Crippen LogP contribution is 2.19. The lowest BCUT2D eigenvalue weighted by atomic mass is 10.1. The first-order valence-electron chi connectivity index (χ1n) is 7.83. The maximum atomic E-state index is 12.4. The molecular formula is C17H20ClN3O2. The molecule has 0 saturated carbocycles. The number of carbonyl (C=O) groups excluding carboxylic acids is 1. The maximum Gasteiger partial charge on any atom is 0.223 e. The predicted octanol–water partition coefficient (Wildman–Crippen LogP) is 2.47. The molecule has 1 amide bonds. The van der Waals surface area contributed by atoms with Crippen LogP contribution >= 0.6 is 11.6 Å². The summed E-state index contributed by atoms with van der Waals surface area (Å²) in [5.74, 6) is 0.165. The number of carbonyl (C=O) groups is 1. The highest BCUT2D eigenvalue weighted by atomic mass is 35.5. The van der Waals surface area contributed by atoms with Gasteiger partial charge in [0.15, 0.2) is 0 Å². The second kappa shape index (κ2) is 7.62. The minimum Gasteiger partial charge on any atom is -0.374 e. The van der Waals surface area contributed by atoms with Gasteiger partial charge in [-0.1, -0.05) is 29.8 Å². The Bertz CT molecular complexity index is 645. The van der Waals surface area contributed by atoms with Crippen LogP contribution in [0.2, 0.25) is 5.02 Å². The van der Waals surface area contributed by atoms with Gasteiger partial charge >= 0.3 is 0 Å². The van der Waals surface area contributed by atoms with Crippen molar-refractivity contribution in [2.45, 2.75) is 25.4 Å². The molecular weight excluding hydrogens is 314 g/mol. The van der Waals surface area contributed by atoms with Crippen molar-refractivity contribution in [2.75, 3.05) is 19.7 Å². The first-order valence-corrected chi connectivity index (χ1v) is 8.20. The molecule has 0 aliphatic carbocycles. The van der Waals surface area contributed by atoms with E-state index in [0.717, 1.165) is 22.6 Å². The molecule has 5 nitrogen and oxygen atoms in total. The lowest BCUT2D eigenvalue weighted by molar-refractivity contribution is -0.138. The van der Waals surface area contributed by atoms with Crippen LogP contribution in [0.15, 0.2) is 36.7 Å². The molecule has 0 radical (unpaired) electrons. The van der Waals surface area contributed by atoms with Gasteiger partial charge in [0, 0.05) is 37.2 Å². The third-order valence-electron chi connectivity index (χ3n) is 4.08. The van der Waals surface area contributed by atoms with Crippen LogP contribution in [0.4, 0.5) is 0 Å². The number of halogens is 1. The molecule has 3 rings (SSSR count). The van der Waals surface area contributed by atoms with E-state index in [1.807, 2.05) is 35.4 Å². The lowest BCUT2D eigenvalue weighted by Crippen LogP contribution is -2.46. The van der Waals surface area contributed by atoms with Crippen LogP contribution in [-0.4, -0.2) is 46.8 Å². The van der Waals surface area contributed by atoms with E-state index in [-0.39, 0.29) is 12.0 Å². The minimum atomic E-state index is 0.00141. The molecule has 0 spiro atoms. The number of H-pyrrole nitrogens is 1. The smallest absolute Gasteiger partial charge is 0.223 e. The minimum absolute atomic E-state index is 0.00141. The summed E-state index contributed by atoms with van der Waals surface area (Å²) in [6, 6.07) is 7.77. The van der Waals surface area contributed by atoms with Gasteiger partial charge in [0.2, 0.25) is 5.91 Å². The number of hydrogen-bond donors (Lipinski definition) is 1. The number of aromatic nitrogens is 2. The molecule has 1 aromatic carbocycles. The number of hydrogen-bond acceptors (Lipinski definition) is 3. The summed E-state index contributed by atoms with van der Waals surface area (Å²) in [4.78, 5) is 14.3. The van der Waals surface area contributed by atoms with E-state index in [1.165, 1.54) is 0 Å².